The van der Waals surface area contributed by atoms with E-state index in [0.29, 0.717) is 6.54 Å². The van der Waals surface area contributed by atoms with E-state index in [-0.39, 0.29) is 12.1 Å². The van der Waals surface area contributed by atoms with Crippen LogP contribution in [0.25, 0.3) is 0 Å². The number of hydrogen-bond acceptors (Lipinski definition) is 5. The van der Waals surface area contributed by atoms with Gasteiger partial charge in [-0.05, 0) is 40.5 Å². The number of nitrogens with one attached hydrogen (secondary N) is 1. The zero-order valence-electron chi connectivity index (χ0n) is 13.2. The van der Waals surface area contributed by atoms with E-state index < -0.39 is 5.60 Å². The van der Waals surface area contributed by atoms with E-state index in [4.69, 9.17) is 4.74 Å². The van der Waals surface area contributed by atoms with Crippen molar-refractivity contribution in [2.24, 2.45) is 0 Å². The highest BCUT2D eigenvalue weighted by atomic mass is 16.6. The number of anilines is 1. The molecule has 0 saturated carbocycles. The van der Waals surface area contributed by atoms with Gasteiger partial charge in [-0.2, -0.15) is 0 Å². The van der Waals surface area contributed by atoms with Gasteiger partial charge in [0, 0.05) is 25.5 Å². The van der Waals surface area contributed by atoms with E-state index in [2.05, 4.69) is 15.3 Å². The van der Waals surface area contributed by atoms with Crippen molar-refractivity contribution in [2.75, 3.05) is 18.4 Å². The van der Waals surface area contributed by atoms with Crippen LogP contribution in [0.2, 0.25) is 0 Å². The number of aromatic nitrogens is 2. The molecule has 0 spiro atoms. The zero-order valence-corrected chi connectivity index (χ0v) is 13.2. The molecule has 1 atom stereocenters. The van der Waals surface area contributed by atoms with Crippen LogP contribution in [0, 0.1) is 6.92 Å². The third kappa shape index (κ3) is 4.31. The highest BCUT2D eigenvalue weighted by Crippen LogP contribution is 2.21. The van der Waals surface area contributed by atoms with Gasteiger partial charge in [0.25, 0.3) is 0 Å². The lowest BCUT2D eigenvalue weighted by Gasteiger charge is -2.28. The van der Waals surface area contributed by atoms with Gasteiger partial charge in [-0.25, -0.2) is 9.78 Å². The van der Waals surface area contributed by atoms with Crippen LogP contribution in [-0.4, -0.2) is 45.7 Å². The molecular formula is C15H24N4O2. The van der Waals surface area contributed by atoms with Crippen LogP contribution in [0.1, 0.15) is 39.3 Å². The van der Waals surface area contributed by atoms with Crippen LogP contribution >= 0.6 is 0 Å². The normalized spacial score (nSPS) is 18.7. The largest absolute Gasteiger partial charge is 0.444 e. The number of ether oxygens (including phenoxy) is 1. The quantitative estimate of drug-likeness (QED) is 0.927. The second kappa shape index (κ2) is 6.28. The summed E-state index contributed by atoms with van der Waals surface area (Å²) >= 11 is 0. The predicted molar refractivity (Wildman–Crippen MR) is 81.2 cm³/mol. The fourth-order valence-corrected chi connectivity index (χ4v) is 2.40. The van der Waals surface area contributed by atoms with Crippen LogP contribution in [-0.2, 0) is 4.74 Å². The molecule has 0 aromatic carbocycles. The highest BCUT2D eigenvalue weighted by Gasteiger charge is 2.32. The minimum atomic E-state index is -0.459. The average Bonchev–Trinajstić information content (AvgIpc) is 2.84. The molecule has 1 fully saturated rings. The summed E-state index contributed by atoms with van der Waals surface area (Å²) in [6.07, 6.45) is 5.08. The molecule has 116 valence electrons. The molecule has 1 amide bonds. The molecule has 21 heavy (non-hydrogen) atoms. The minimum Gasteiger partial charge on any atom is -0.444 e. The molecule has 0 aliphatic carbocycles. The van der Waals surface area contributed by atoms with E-state index in [9.17, 15) is 4.79 Å². The lowest BCUT2D eigenvalue weighted by Crippen LogP contribution is -2.42. The first-order chi connectivity index (χ1) is 9.87. The van der Waals surface area contributed by atoms with Crippen LogP contribution in [0.4, 0.5) is 10.6 Å². The third-order valence-electron chi connectivity index (χ3n) is 3.39. The summed E-state index contributed by atoms with van der Waals surface area (Å²) in [5.74, 6) is 0.772. The molecule has 2 heterocycles. The number of aryl methyl sites for hydroxylation is 1. The molecule has 6 heteroatoms. The van der Waals surface area contributed by atoms with Crippen molar-refractivity contribution in [3.8, 4) is 0 Å². The van der Waals surface area contributed by atoms with E-state index >= 15 is 0 Å². The number of likely N-dealkylation sites (tertiary alicyclic amines) is 1. The van der Waals surface area contributed by atoms with Crippen molar-refractivity contribution in [1.29, 1.82) is 0 Å². The monoisotopic (exact) mass is 292 g/mol. The van der Waals surface area contributed by atoms with Gasteiger partial charge in [0.15, 0.2) is 0 Å². The Labute approximate surface area is 125 Å². The molecule has 1 N–H and O–H groups in total. The van der Waals surface area contributed by atoms with Crippen molar-refractivity contribution in [3.63, 3.8) is 0 Å². The fraction of sp³-hybridized carbons (Fsp3) is 0.667. The Morgan fingerprint density at radius 3 is 2.81 bits per heavy atom. The van der Waals surface area contributed by atoms with Crippen LogP contribution in [0.3, 0.4) is 0 Å². The lowest BCUT2D eigenvalue weighted by atomic mass is 10.2. The summed E-state index contributed by atoms with van der Waals surface area (Å²) in [4.78, 5) is 22.5. The van der Waals surface area contributed by atoms with Crippen molar-refractivity contribution in [2.45, 2.75) is 52.2 Å². The topological polar surface area (TPSA) is 67.4 Å². The Hall–Kier alpha value is -1.85. The summed E-state index contributed by atoms with van der Waals surface area (Å²) in [7, 11) is 0. The van der Waals surface area contributed by atoms with Gasteiger partial charge in [0.1, 0.15) is 11.4 Å². The first-order valence-corrected chi connectivity index (χ1v) is 7.38. The number of rotatable bonds is 3. The van der Waals surface area contributed by atoms with Gasteiger partial charge in [-0.3, -0.25) is 4.98 Å². The van der Waals surface area contributed by atoms with Crippen molar-refractivity contribution in [3.05, 3.63) is 18.1 Å². The molecule has 6 nitrogen and oxygen atoms in total. The fourth-order valence-electron chi connectivity index (χ4n) is 2.40. The molecule has 1 aromatic heterocycles. The summed E-state index contributed by atoms with van der Waals surface area (Å²) < 4.78 is 5.46. The highest BCUT2D eigenvalue weighted by molar-refractivity contribution is 5.69. The molecule has 1 aromatic rings. The number of amides is 1. The first-order valence-electron chi connectivity index (χ1n) is 7.38. The Morgan fingerprint density at radius 1 is 1.43 bits per heavy atom. The van der Waals surface area contributed by atoms with Gasteiger partial charge < -0.3 is 15.0 Å². The third-order valence-corrected chi connectivity index (χ3v) is 3.39. The standard InChI is InChI=1S/C15H24N4O2/c1-11-13(17-8-7-16-11)18-10-12-6-5-9-19(12)14(20)21-15(2,3)4/h7-8,12H,5-6,9-10H2,1-4H3,(H,17,18)/t12-/m0/s1. The van der Waals surface area contributed by atoms with Crippen molar-refractivity contribution < 1.29 is 9.53 Å². The lowest BCUT2D eigenvalue weighted by molar-refractivity contribution is 0.0235. The van der Waals surface area contributed by atoms with Gasteiger partial charge in [0.2, 0.25) is 0 Å². The number of carbonyl (C=O) groups is 1. The van der Waals surface area contributed by atoms with Gasteiger partial charge in [0.05, 0.1) is 11.7 Å². The predicted octanol–water partition coefficient (Wildman–Crippen LogP) is 2.60. The molecule has 0 unspecified atom stereocenters. The SMILES string of the molecule is Cc1nccnc1NC[C@@H]1CCCN1C(=O)OC(C)(C)C. The van der Waals surface area contributed by atoms with E-state index in [1.54, 1.807) is 12.4 Å². The molecule has 0 bridgehead atoms. The maximum absolute atomic E-state index is 12.2. The summed E-state index contributed by atoms with van der Waals surface area (Å²) in [5.41, 5.74) is 0.401. The number of nitrogens with zero attached hydrogens (tertiary/aromatic N) is 3. The summed E-state index contributed by atoms with van der Waals surface area (Å²) in [6, 6.07) is 0.140. The maximum Gasteiger partial charge on any atom is 0.410 e. The molecule has 0 radical (unpaired) electrons. The van der Waals surface area contributed by atoms with E-state index in [0.717, 1.165) is 30.9 Å². The number of hydrogen-bond donors (Lipinski definition) is 1. The minimum absolute atomic E-state index is 0.140. The zero-order chi connectivity index (χ0) is 15.5. The summed E-state index contributed by atoms with van der Waals surface area (Å²) in [5, 5.41) is 3.28. The molecular weight excluding hydrogens is 268 g/mol. The number of carbonyl (C=O) groups excluding carboxylic acids is 1. The van der Waals surface area contributed by atoms with Crippen LogP contribution in [0.15, 0.2) is 12.4 Å². The van der Waals surface area contributed by atoms with Crippen molar-refractivity contribution >= 4 is 11.9 Å². The Balaban J connectivity index is 1.93. The van der Waals surface area contributed by atoms with E-state index in [1.807, 2.05) is 32.6 Å². The molecule has 1 saturated heterocycles. The van der Waals surface area contributed by atoms with Gasteiger partial charge >= 0.3 is 6.09 Å². The molecule has 1 aliphatic rings. The second-order valence-electron chi connectivity index (χ2n) is 6.34. The maximum atomic E-state index is 12.2. The Bertz CT molecular complexity index is 499. The molecule has 2 rings (SSSR count). The van der Waals surface area contributed by atoms with Crippen molar-refractivity contribution in [1.82, 2.24) is 14.9 Å². The van der Waals surface area contributed by atoms with Gasteiger partial charge in [-0.15, -0.1) is 0 Å². The average molecular weight is 292 g/mol. The van der Waals surface area contributed by atoms with Gasteiger partial charge in [-0.1, -0.05) is 0 Å². The molecule has 1 aliphatic heterocycles. The Morgan fingerprint density at radius 2 is 2.14 bits per heavy atom. The second-order valence-corrected chi connectivity index (χ2v) is 6.34. The Kier molecular flexibility index (Phi) is 4.65. The first kappa shape index (κ1) is 15.5. The summed E-state index contributed by atoms with van der Waals surface area (Å²) in [6.45, 7) is 8.99. The van der Waals surface area contributed by atoms with Crippen LogP contribution in [0.5, 0.6) is 0 Å². The van der Waals surface area contributed by atoms with E-state index in [1.165, 1.54) is 0 Å². The van der Waals surface area contributed by atoms with Crippen LogP contribution < -0.4 is 5.32 Å². The smallest absolute Gasteiger partial charge is 0.410 e.